The van der Waals surface area contributed by atoms with E-state index in [9.17, 15) is 73.1 Å². The van der Waals surface area contributed by atoms with Crippen molar-refractivity contribution in [3.05, 3.63) is 160 Å². The van der Waals surface area contributed by atoms with Crippen molar-refractivity contribution in [2.75, 3.05) is 71.7 Å². The highest BCUT2D eigenvalue weighted by Crippen LogP contribution is 2.48. The number of unbranched alkanes of at least 4 members (excludes halogenated alkanes) is 5. The van der Waals surface area contributed by atoms with Crippen LogP contribution < -0.4 is 40.1 Å². The van der Waals surface area contributed by atoms with Gasteiger partial charge in [-0.25, -0.2) is 56.3 Å². The summed E-state index contributed by atoms with van der Waals surface area (Å²) in [4.78, 5) is 56.3. The predicted molar refractivity (Wildman–Crippen MR) is 484 cm³/mol. The number of fused-ring (bicyclic) bond motifs is 1. The third-order valence-corrected chi connectivity index (χ3v) is 24.5. The average Bonchev–Trinajstić information content (AvgIpc) is 1.56. The molecule has 0 saturated carbocycles. The van der Waals surface area contributed by atoms with Gasteiger partial charge in [0.15, 0.2) is 86.6 Å². The van der Waals surface area contributed by atoms with Crippen molar-refractivity contribution >= 4 is 70.2 Å². The van der Waals surface area contributed by atoms with E-state index in [4.69, 9.17) is 111 Å². The molecule has 7 saturated heterocycles. The van der Waals surface area contributed by atoms with Crippen LogP contribution in [0.4, 0.5) is 26.3 Å². The maximum absolute atomic E-state index is 15.3. The van der Waals surface area contributed by atoms with Crippen LogP contribution in [0.2, 0.25) is 0 Å². The van der Waals surface area contributed by atoms with Gasteiger partial charge in [-0.15, -0.1) is 23.2 Å². The van der Waals surface area contributed by atoms with Crippen LogP contribution in [0.5, 0.6) is 0 Å². The van der Waals surface area contributed by atoms with Gasteiger partial charge in [0.1, 0.15) is 134 Å². The number of rotatable bonds is 31. The van der Waals surface area contributed by atoms with Crippen LogP contribution in [-0.2, 0) is 57.0 Å². The van der Waals surface area contributed by atoms with Crippen molar-refractivity contribution in [3.63, 3.8) is 0 Å². The maximum Gasteiger partial charge on any atom is 0.323 e. The van der Waals surface area contributed by atoms with E-state index in [-0.39, 0.29) is 102 Å². The third kappa shape index (κ3) is 24.2. The summed E-state index contributed by atoms with van der Waals surface area (Å²) in [6, 6.07) is -0.942. The number of esters is 2. The van der Waals surface area contributed by atoms with Crippen molar-refractivity contribution in [3.8, 4) is 0 Å². The Morgan fingerprint density at radius 2 is 0.821 bits per heavy atom. The van der Waals surface area contributed by atoms with E-state index in [1.54, 1.807) is 26.1 Å². The minimum Gasteiger partial charge on any atom is -0.456 e. The van der Waals surface area contributed by atoms with Crippen LogP contribution >= 0.6 is 23.2 Å². The molecule has 40 nitrogen and oxygen atoms in total. The number of methoxy groups -OCH3 is 1. The molecular formula is C86H127Cl2F6N19O21. The Bertz CT molecular complexity index is 4550. The number of carbonyl (C=O) groups is 2. The zero-order chi connectivity index (χ0) is 99.4. The molecule has 0 aromatic rings. The molecule has 23 N–H and O–H groups in total. The number of allylic oxidation sites excluding steroid dienone is 1. The van der Waals surface area contributed by atoms with Gasteiger partial charge in [0.05, 0.1) is 64.6 Å². The highest BCUT2D eigenvalue weighted by molar-refractivity contribution is 6.19. The summed E-state index contributed by atoms with van der Waals surface area (Å²) in [5, 5.41) is 87.8. The summed E-state index contributed by atoms with van der Waals surface area (Å²) in [5.41, 5.74) is 30.7. The number of hydrogen-bond donors (Lipinski definition) is 16. The molecule has 0 radical (unpaired) electrons. The van der Waals surface area contributed by atoms with E-state index in [1.165, 1.54) is 110 Å². The standard InChI is InChI=1S/C19H29ClFN3O4.C16H24ClFN4O4.C14H22FN3O3.C14H20FN3O3.C12H18FN3O4.C11H14FN3O3/c1-3-4-5-6-7-8-15(26)27-17-16(21)18(28-19(17,11-20)12-25)24-10-9-14(22)23-13(24)2;1-8(2)12(20)15(24)25-13-11(18)14(26-16(13,6-17)7-23)22-5-4-10(19)21-9(22)3;2*1-3-4-6-14(8-19)12(20)11(15)13(21-14)18-7-5-10(16)17-9(18)2;1-7-15-8(14)3-4-16(7)11-9(13)10(18)12(5-17,20-11)6-19-2;1-6-14-7(13)2-3-15(6)10-8(12)9-11(4-16,18-10)5-17-9/h9-10,16-18,25H,2-8,11-12H2,1H3,(H2,22,23);4-5,8,11-14,23H,3,6-7,20H2,1-2H3,(H2,19,21);5,7,11-13,19-20H,2-4,6,8H2,1H3,(H2,16,17);4-7,11-13,19-20H,2-3,8H2,1H3,(H2,16,17);3-4,9-11,17-18H,1,5-6H2,2H3,(H2,14,15);2-3,8-10,16H,1,4-5H2,(H2,13,14)/b;;;6-4+;;/t16-,17+,18-,19-;11-,12?,13+,14-,16-;2*11-,12+,13-,14-;9-,10+,11-,12+;8-,9+,10-,11+/m111111/s1. The zero-order valence-corrected chi connectivity index (χ0v) is 76.9. The largest absolute Gasteiger partial charge is 0.456 e. The second kappa shape index (κ2) is 48.1. The van der Waals surface area contributed by atoms with Gasteiger partial charge in [-0.3, -0.25) is 9.59 Å². The second-order valence-electron chi connectivity index (χ2n) is 33.4. The monoisotopic (exact) mass is 1950 g/mol. The van der Waals surface area contributed by atoms with E-state index in [0.29, 0.717) is 30.9 Å². The molecule has 0 aliphatic carbocycles. The second-order valence-corrected chi connectivity index (χ2v) is 33.9. The summed E-state index contributed by atoms with van der Waals surface area (Å²) in [7, 11) is 1.37. The first-order valence-corrected chi connectivity index (χ1v) is 44.2. The zero-order valence-electron chi connectivity index (χ0n) is 75.4. The quantitative estimate of drug-likeness (QED) is 0.0156. The van der Waals surface area contributed by atoms with Crippen LogP contribution in [-0.4, -0.2) is 345 Å². The van der Waals surface area contributed by atoms with Crippen molar-refractivity contribution in [1.29, 1.82) is 0 Å². The maximum atomic E-state index is 15.3. The molecule has 0 aromatic carbocycles. The van der Waals surface area contributed by atoms with Crippen molar-refractivity contribution in [2.24, 2.45) is 76.0 Å². The molecule has 0 aromatic heterocycles. The first kappa shape index (κ1) is 110. The molecule has 1 unspecified atom stereocenters. The Morgan fingerprint density at radius 1 is 0.478 bits per heavy atom. The normalized spacial score (nSPS) is 35.3. The summed E-state index contributed by atoms with van der Waals surface area (Å²) >= 11 is 11.9. The molecule has 748 valence electrons. The number of aliphatic imine (C=N–C) groups is 6. The first-order valence-electron chi connectivity index (χ1n) is 43.1. The number of amidine groups is 6. The number of nitrogens with two attached hydrogens (primary N) is 7. The predicted octanol–water partition coefficient (Wildman–Crippen LogP) is 2.35. The SMILES string of the molecule is C=C1N=C(N)C=CN1[C@@H]1O[C@@](CO)(CCCC)[C@@H](O)[C@H]1F.C=C1N=C(N)C=CN1[C@@H]1O[C@@](CO)(CCl)[C@@H](OC(=O)C(N)C(C)C)[C@H]1F.C=C1N=C(N)C=CN1[C@@H]1O[C@@](CO)(CCl)[C@@H](OC(=O)CCCCCCC)[C@H]1F.C=C1N=C(N)C=CN1[C@@H]1O[C@@](CO)(COC)[C@@H](O)[C@H]1F.C=C1N=C(N)C=CN1[C@@H]1O[C@@]2(CO)CO[C@H]2[C@H]1F.C=C1N=C(N)C=CN1[C@@H]1O[C@](/C=C/CC)(CO)[C@@H](O)[C@H]1F. The number of carbonyl (C=O) groups excluding carboxylic acids is 2. The van der Waals surface area contributed by atoms with Gasteiger partial charge in [-0.1, -0.05) is 125 Å². The molecule has 13 aliphatic heterocycles. The van der Waals surface area contributed by atoms with Gasteiger partial charge >= 0.3 is 11.9 Å². The van der Waals surface area contributed by atoms with Crippen LogP contribution in [0.3, 0.4) is 0 Å². The molecule has 7 fully saturated rings. The number of aliphatic hydroxyl groups excluding tert-OH is 9. The summed E-state index contributed by atoms with van der Waals surface area (Å²) < 4.78 is 142. The van der Waals surface area contributed by atoms with Gasteiger partial charge < -0.3 is 163 Å². The number of nitrogens with zero attached hydrogens (tertiary/aromatic N) is 12. The van der Waals surface area contributed by atoms with Crippen LogP contribution in [0.1, 0.15) is 98.8 Å². The fraction of sp³-hybridized carbons (Fsp3) is 0.605. The van der Waals surface area contributed by atoms with Gasteiger partial charge in [0.25, 0.3) is 0 Å². The summed E-state index contributed by atoms with van der Waals surface area (Å²) in [6.07, 6.45) is 3.96. The Hall–Kier alpha value is -9.38. The molecule has 0 bridgehead atoms. The number of ether oxygens (including phenoxy) is 10. The smallest absolute Gasteiger partial charge is 0.323 e. The van der Waals surface area contributed by atoms with Crippen LogP contribution in [0, 0.1) is 5.92 Å². The molecule has 13 rings (SSSR count). The lowest BCUT2D eigenvalue weighted by Gasteiger charge is -2.41. The lowest BCUT2D eigenvalue weighted by Crippen LogP contribution is -2.60. The fourth-order valence-corrected chi connectivity index (χ4v) is 16.2. The Labute approximate surface area is 782 Å². The minimum absolute atomic E-state index is 0.142. The molecule has 0 amide bonds. The number of hydrogen-bond acceptors (Lipinski definition) is 40. The number of halogens is 8. The number of aliphatic hydroxyl groups is 9. The van der Waals surface area contributed by atoms with Crippen molar-refractivity contribution in [1.82, 2.24) is 29.4 Å². The molecule has 13 heterocycles. The van der Waals surface area contributed by atoms with Crippen LogP contribution in [0.25, 0.3) is 0 Å². The lowest BCUT2D eigenvalue weighted by molar-refractivity contribution is -0.245. The third-order valence-electron chi connectivity index (χ3n) is 23.6. The van der Waals surface area contributed by atoms with E-state index in [0.717, 1.165) is 38.5 Å². The summed E-state index contributed by atoms with van der Waals surface area (Å²) in [6.45, 7) is 28.6. The molecule has 134 heavy (non-hydrogen) atoms. The molecule has 0 spiro atoms. The van der Waals surface area contributed by atoms with Gasteiger partial charge in [0, 0.05) is 50.7 Å². The molecular weight excluding hydrogens is 1820 g/mol. The number of alkyl halides is 8. The molecule has 13 aliphatic rings. The van der Waals surface area contributed by atoms with E-state index in [1.807, 2.05) is 13.8 Å². The van der Waals surface area contributed by atoms with Gasteiger partial charge in [-0.2, -0.15) is 0 Å². The first-order chi connectivity index (χ1) is 63.5. The highest BCUT2D eigenvalue weighted by atomic mass is 35.5. The van der Waals surface area contributed by atoms with Crippen molar-refractivity contribution < 1.29 is 129 Å². The Balaban J connectivity index is 0.000000199. The van der Waals surface area contributed by atoms with E-state index >= 15 is 8.78 Å². The van der Waals surface area contributed by atoms with E-state index < -0.39 is 196 Å². The van der Waals surface area contributed by atoms with E-state index in [2.05, 4.69) is 76.4 Å². The summed E-state index contributed by atoms with van der Waals surface area (Å²) in [5.74, 6) is 0.678. The average molecular weight is 1950 g/mol. The van der Waals surface area contributed by atoms with Gasteiger partial charge in [-0.05, 0) is 61.6 Å². The van der Waals surface area contributed by atoms with Gasteiger partial charge in [0.2, 0.25) is 0 Å². The topological polar surface area (TPSA) is 584 Å². The van der Waals surface area contributed by atoms with Crippen LogP contribution in [0.15, 0.2) is 190 Å². The highest BCUT2D eigenvalue weighted by Gasteiger charge is 2.66. The molecule has 48 heteroatoms. The minimum atomic E-state index is -1.83. The fourth-order valence-electron chi connectivity index (χ4n) is 15.6. The molecule has 25 atom stereocenters. The van der Waals surface area contributed by atoms with Crippen molar-refractivity contribution in [2.45, 2.75) is 249 Å². The lowest BCUT2D eigenvalue weighted by atomic mass is 9.91. The Morgan fingerprint density at radius 3 is 1.14 bits per heavy atom. The Kier molecular flexibility index (Phi) is 39.4.